The zero-order chi connectivity index (χ0) is 10.8. The zero-order valence-corrected chi connectivity index (χ0v) is 8.63. The summed E-state index contributed by atoms with van der Waals surface area (Å²) >= 11 is 0. The van der Waals surface area contributed by atoms with Gasteiger partial charge in [-0.15, -0.1) is 0 Å². The van der Waals surface area contributed by atoms with Crippen LogP contribution in [0.5, 0.6) is 0 Å². The summed E-state index contributed by atoms with van der Waals surface area (Å²) in [7, 11) is 0. The van der Waals surface area contributed by atoms with Gasteiger partial charge < -0.3 is 4.74 Å². The highest BCUT2D eigenvalue weighted by Gasteiger charge is 2.22. The van der Waals surface area contributed by atoms with Crippen molar-refractivity contribution in [2.24, 2.45) is 0 Å². The first kappa shape index (κ1) is 10.3. The smallest absolute Gasteiger partial charge is 0.138 e. The van der Waals surface area contributed by atoms with Crippen LogP contribution in [-0.2, 0) is 9.53 Å². The number of halogens is 1. The third kappa shape index (κ3) is 2.23. The Morgan fingerprint density at radius 1 is 1.47 bits per heavy atom. The van der Waals surface area contributed by atoms with Crippen molar-refractivity contribution in [3.63, 3.8) is 0 Å². The van der Waals surface area contributed by atoms with Gasteiger partial charge in [-0.1, -0.05) is 12.1 Å². The van der Waals surface area contributed by atoms with E-state index in [4.69, 9.17) is 4.74 Å². The van der Waals surface area contributed by atoms with E-state index < -0.39 is 0 Å². The molecule has 2 rings (SSSR count). The van der Waals surface area contributed by atoms with Crippen molar-refractivity contribution >= 4 is 5.78 Å². The number of aryl methyl sites for hydroxylation is 1. The molecule has 0 radical (unpaired) electrons. The van der Waals surface area contributed by atoms with Gasteiger partial charge in [0.25, 0.3) is 0 Å². The number of benzene rings is 1. The average molecular weight is 208 g/mol. The molecule has 0 spiro atoms. The molecule has 1 aliphatic heterocycles. The Hall–Kier alpha value is -1.22. The van der Waals surface area contributed by atoms with Crippen LogP contribution in [0.4, 0.5) is 4.39 Å². The Kier molecular flexibility index (Phi) is 2.82. The molecule has 1 heterocycles. The molecule has 3 heteroatoms. The minimum atomic E-state index is -0.263. The number of carbonyl (C=O) groups excluding carboxylic acids is 1. The number of ketones is 1. The van der Waals surface area contributed by atoms with Crippen molar-refractivity contribution in [3.05, 3.63) is 35.1 Å². The van der Waals surface area contributed by atoms with Crippen molar-refractivity contribution in [1.29, 1.82) is 0 Å². The Balaban J connectivity index is 2.21. The van der Waals surface area contributed by atoms with Gasteiger partial charge in [-0.25, -0.2) is 4.39 Å². The number of ether oxygens (including phenoxy) is 1. The molecule has 2 nitrogen and oxygen atoms in total. The summed E-state index contributed by atoms with van der Waals surface area (Å²) in [4.78, 5) is 11.2. The van der Waals surface area contributed by atoms with E-state index in [2.05, 4.69) is 0 Å². The van der Waals surface area contributed by atoms with Crippen LogP contribution in [0.3, 0.4) is 0 Å². The van der Waals surface area contributed by atoms with Gasteiger partial charge in [0.05, 0.1) is 12.7 Å². The highest BCUT2D eigenvalue weighted by molar-refractivity contribution is 5.79. The lowest BCUT2D eigenvalue weighted by Crippen LogP contribution is -2.19. The lowest BCUT2D eigenvalue weighted by Gasteiger charge is -2.22. The monoisotopic (exact) mass is 208 g/mol. The fourth-order valence-electron chi connectivity index (χ4n) is 1.71. The Morgan fingerprint density at radius 3 is 2.93 bits per heavy atom. The molecule has 1 aliphatic rings. The summed E-state index contributed by atoms with van der Waals surface area (Å²) in [5.74, 6) is -0.0543. The summed E-state index contributed by atoms with van der Waals surface area (Å²) in [6.07, 6.45) is 0.578. The third-order valence-electron chi connectivity index (χ3n) is 2.68. The van der Waals surface area contributed by atoms with Crippen LogP contribution >= 0.6 is 0 Å². The van der Waals surface area contributed by atoms with Crippen LogP contribution < -0.4 is 0 Å². The van der Waals surface area contributed by atoms with Gasteiger partial charge in [-0.2, -0.15) is 0 Å². The highest BCUT2D eigenvalue weighted by Crippen LogP contribution is 2.27. The molecular weight excluding hydrogens is 195 g/mol. The van der Waals surface area contributed by atoms with Gasteiger partial charge in [0, 0.05) is 12.8 Å². The van der Waals surface area contributed by atoms with Crippen LogP contribution in [0.2, 0.25) is 0 Å². The Labute approximate surface area is 88.1 Å². The molecular formula is C12H13FO2. The minimum Gasteiger partial charge on any atom is -0.373 e. The SMILES string of the molecule is Cc1ccc(C2CC(=O)CCO2)cc1F. The third-order valence-corrected chi connectivity index (χ3v) is 2.68. The molecule has 1 saturated heterocycles. The van der Waals surface area contributed by atoms with Crippen LogP contribution in [-0.4, -0.2) is 12.4 Å². The lowest BCUT2D eigenvalue weighted by atomic mass is 9.99. The quantitative estimate of drug-likeness (QED) is 0.709. The van der Waals surface area contributed by atoms with E-state index in [1.54, 1.807) is 13.0 Å². The predicted octanol–water partition coefficient (Wildman–Crippen LogP) is 2.55. The molecule has 0 aliphatic carbocycles. The molecule has 0 aromatic heterocycles. The number of hydrogen-bond donors (Lipinski definition) is 0. The van der Waals surface area contributed by atoms with Gasteiger partial charge in [-0.3, -0.25) is 4.79 Å². The average Bonchev–Trinajstić information content (AvgIpc) is 2.22. The molecule has 1 atom stereocenters. The van der Waals surface area contributed by atoms with Gasteiger partial charge >= 0.3 is 0 Å². The van der Waals surface area contributed by atoms with Crippen LogP contribution in [0.1, 0.15) is 30.1 Å². The summed E-state index contributed by atoms with van der Waals surface area (Å²) in [6.45, 7) is 2.16. The van der Waals surface area contributed by atoms with Gasteiger partial charge in [-0.05, 0) is 24.1 Å². The summed E-state index contributed by atoms with van der Waals surface area (Å²) in [5.41, 5.74) is 1.37. The first-order valence-corrected chi connectivity index (χ1v) is 5.06. The van der Waals surface area contributed by atoms with E-state index in [1.165, 1.54) is 6.07 Å². The number of carbonyl (C=O) groups is 1. The second kappa shape index (κ2) is 4.11. The first-order valence-electron chi connectivity index (χ1n) is 5.06. The van der Waals surface area contributed by atoms with Crippen molar-refractivity contribution in [3.8, 4) is 0 Å². The largest absolute Gasteiger partial charge is 0.373 e. The van der Waals surface area contributed by atoms with Gasteiger partial charge in [0.2, 0.25) is 0 Å². The first-order chi connectivity index (χ1) is 7.16. The molecule has 1 unspecified atom stereocenters. The highest BCUT2D eigenvalue weighted by atomic mass is 19.1. The van der Waals surface area contributed by atoms with E-state index in [0.717, 1.165) is 5.56 Å². The molecule has 0 saturated carbocycles. The normalized spacial score (nSPS) is 21.7. The van der Waals surface area contributed by atoms with E-state index >= 15 is 0 Å². The standard InChI is InChI=1S/C12H13FO2/c1-8-2-3-9(6-11(8)13)12-7-10(14)4-5-15-12/h2-3,6,12H,4-5,7H2,1H3. The number of Topliss-reactive ketones (excluding diaryl/α,β-unsaturated/α-hetero) is 1. The van der Waals surface area contributed by atoms with Crippen molar-refractivity contribution < 1.29 is 13.9 Å². The lowest BCUT2D eigenvalue weighted by molar-refractivity contribution is -0.128. The molecule has 1 aromatic carbocycles. The Morgan fingerprint density at radius 2 is 2.27 bits per heavy atom. The molecule has 0 amide bonds. The van der Waals surface area contributed by atoms with Crippen molar-refractivity contribution in [1.82, 2.24) is 0 Å². The number of rotatable bonds is 1. The fourth-order valence-corrected chi connectivity index (χ4v) is 1.71. The van der Waals surface area contributed by atoms with E-state index in [9.17, 15) is 9.18 Å². The molecule has 15 heavy (non-hydrogen) atoms. The van der Waals surface area contributed by atoms with E-state index in [-0.39, 0.29) is 17.7 Å². The maximum atomic E-state index is 13.3. The molecule has 80 valence electrons. The fraction of sp³-hybridized carbons (Fsp3) is 0.417. The maximum Gasteiger partial charge on any atom is 0.138 e. The summed E-state index contributed by atoms with van der Waals surface area (Å²) in [5, 5.41) is 0. The minimum absolute atomic E-state index is 0.187. The second-order valence-corrected chi connectivity index (χ2v) is 3.86. The second-order valence-electron chi connectivity index (χ2n) is 3.86. The van der Waals surface area contributed by atoms with E-state index in [0.29, 0.717) is 25.0 Å². The molecule has 1 fully saturated rings. The van der Waals surface area contributed by atoms with Gasteiger partial charge in [0.15, 0.2) is 0 Å². The molecule has 0 bridgehead atoms. The topological polar surface area (TPSA) is 26.3 Å². The van der Waals surface area contributed by atoms with Crippen molar-refractivity contribution in [2.75, 3.05) is 6.61 Å². The Bertz CT molecular complexity index is 387. The van der Waals surface area contributed by atoms with Crippen LogP contribution in [0.15, 0.2) is 18.2 Å². The number of hydrogen-bond acceptors (Lipinski definition) is 2. The zero-order valence-electron chi connectivity index (χ0n) is 8.63. The van der Waals surface area contributed by atoms with Gasteiger partial charge in [0.1, 0.15) is 11.6 Å². The van der Waals surface area contributed by atoms with Crippen LogP contribution in [0, 0.1) is 12.7 Å². The summed E-state index contributed by atoms with van der Waals surface area (Å²) < 4.78 is 18.7. The molecule has 0 N–H and O–H groups in total. The van der Waals surface area contributed by atoms with E-state index in [1.807, 2.05) is 6.07 Å². The van der Waals surface area contributed by atoms with Crippen LogP contribution in [0.25, 0.3) is 0 Å². The van der Waals surface area contributed by atoms with Crippen molar-refractivity contribution in [2.45, 2.75) is 25.9 Å². The maximum absolute atomic E-state index is 13.3. The summed E-state index contributed by atoms with van der Waals surface area (Å²) in [6, 6.07) is 4.99. The molecule has 1 aromatic rings. The predicted molar refractivity (Wildman–Crippen MR) is 54.1 cm³/mol.